The predicted molar refractivity (Wildman–Crippen MR) is 192 cm³/mol. The van der Waals surface area contributed by atoms with Crippen LogP contribution in [-0.2, 0) is 4.79 Å². The molecule has 0 spiro atoms. The van der Waals surface area contributed by atoms with Crippen LogP contribution in [0.4, 0.5) is 0 Å². The van der Waals surface area contributed by atoms with Gasteiger partial charge in [0.15, 0.2) is 0 Å². The van der Waals surface area contributed by atoms with E-state index in [2.05, 4.69) is 74.0 Å². The summed E-state index contributed by atoms with van der Waals surface area (Å²) in [6, 6.07) is 15.5. The number of likely N-dealkylation sites (tertiary alicyclic amines) is 2. The molecule has 1 amide bonds. The quantitative estimate of drug-likeness (QED) is 0.306. The highest BCUT2D eigenvalue weighted by atomic mass is 16.2. The fraction of sp³-hybridized carbons (Fsp3) is 0.575. The Labute approximate surface area is 279 Å². The van der Waals surface area contributed by atoms with Crippen molar-refractivity contribution in [1.29, 1.82) is 0 Å². The Kier molecular flexibility index (Phi) is 15.2. The number of nitrogens with zero attached hydrogens (tertiary/aromatic N) is 3. The third kappa shape index (κ3) is 10.4. The number of nitrogens with one attached hydrogen (secondary N) is 1. The minimum absolute atomic E-state index is 0.159. The van der Waals surface area contributed by atoms with Crippen molar-refractivity contribution in [3.8, 4) is 11.1 Å². The lowest BCUT2D eigenvalue weighted by Crippen LogP contribution is -2.37. The van der Waals surface area contributed by atoms with Crippen LogP contribution in [0.3, 0.4) is 0 Å². The van der Waals surface area contributed by atoms with Crippen LogP contribution in [0, 0.1) is 25.7 Å². The zero-order chi connectivity index (χ0) is 33.6. The van der Waals surface area contributed by atoms with Gasteiger partial charge in [0.1, 0.15) is 5.78 Å². The first-order valence-corrected chi connectivity index (χ1v) is 17.9. The van der Waals surface area contributed by atoms with Crippen LogP contribution in [0.15, 0.2) is 54.9 Å². The molecule has 3 aliphatic rings. The zero-order valence-corrected chi connectivity index (χ0v) is 29.9. The molecule has 3 aromatic rings. The van der Waals surface area contributed by atoms with Gasteiger partial charge in [0.05, 0.1) is 6.20 Å². The number of carbonyl (C=O) groups is 2. The van der Waals surface area contributed by atoms with Crippen molar-refractivity contribution in [1.82, 2.24) is 20.0 Å². The van der Waals surface area contributed by atoms with Gasteiger partial charge in [0.2, 0.25) is 0 Å². The van der Waals surface area contributed by atoms with Crippen molar-refractivity contribution in [2.75, 3.05) is 26.2 Å². The Morgan fingerprint density at radius 2 is 1.54 bits per heavy atom. The van der Waals surface area contributed by atoms with Gasteiger partial charge in [-0.2, -0.15) is 5.10 Å². The van der Waals surface area contributed by atoms with Crippen molar-refractivity contribution in [2.24, 2.45) is 11.8 Å². The summed E-state index contributed by atoms with van der Waals surface area (Å²) in [7, 11) is 0. The first-order chi connectivity index (χ1) is 22.2. The molecular weight excluding hydrogens is 568 g/mol. The average molecular weight is 629 g/mol. The van der Waals surface area contributed by atoms with Crippen LogP contribution in [0.1, 0.15) is 119 Å². The largest absolute Gasteiger partial charge is 0.339 e. The Balaban J connectivity index is 0.000000254. The Hall–Kier alpha value is -3.25. The van der Waals surface area contributed by atoms with Crippen LogP contribution < -0.4 is 0 Å². The summed E-state index contributed by atoms with van der Waals surface area (Å²) in [5.41, 5.74) is 6.85. The second-order valence-corrected chi connectivity index (χ2v) is 13.3. The average Bonchev–Trinajstić information content (AvgIpc) is 3.87. The molecule has 0 radical (unpaired) electrons. The molecule has 252 valence electrons. The van der Waals surface area contributed by atoms with Crippen LogP contribution in [0.5, 0.6) is 0 Å². The van der Waals surface area contributed by atoms with E-state index in [1.54, 1.807) is 6.92 Å². The van der Waals surface area contributed by atoms with Gasteiger partial charge in [-0.3, -0.25) is 19.6 Å². The monoisotopic (exact) mass is 628 g/mol. The number of amides is 1. The number of hydrogen-bond donors (Lipinski definition) is 1. The van der Waals surface area contributed by atoms with Crippen molar-refractivity contribution in [2.45, 2.75) is 112 Å². The smallest absolute Gasteiger partial charge is 0.253 e. The highest BCUT2D eigenvalue weighted by Gasteiger charge is 2.33. The highest BCUT2D eigenvalue weighted by molar-refractivity contribution is 5.94. The molecule has 1 aliphatic carbocycles. The zero-order valence-electron chi connectivity index (χ0n) is 29.9. The summed E-state index contributed by atoms with van der Waals surface area (Å²) >= 11 is 0. The van der Waals surface area contributed by atoms with Crippen LogP contribution in [-0.4, -0.2) is 63.9 Å². The van der Waals surface area contributed by atoms with E-state index < -0.39 is 0 Å². The number of hydrogen-bond acceptors (Lipinski definition) is 4. The fourth-order valence-electron chi connectivity index (χ4n) is 6.79. The molecule has 3 unspecified atom stereocenters. The number of H-pyrrole nitrogens is 1. The fourth-order valence-corrected chi connectivity index (χ4v) is 6.79. The minimum Gasteiger partial charge on any atom is -0.339 e. The number of rotatable bonds is 5. The van der Waals surface area contributed by atoms with E-state index in [0.717, 1.165) is 68.5 Å². The van der Waals surface area contributed by atoms with Gasteiger partial charge in [0, 0.05) is 48.9 Å². The molecule has 1 N–H and O–H groups in total. The second kappa shape index (κ2) is 18.8. The maximum absolute atomic E-state index is 12.8. The molecule has 2 saturated heterocycles. The van der Waals surface area contributed by atoms with Gasteiger partial charge in [0.25, 0.3) is 5.91 Å². The Morgan fingerprint density at radius 3 is 2.07 bits per heavy atom. The Morgan fingerprint density at radius 1 is 0.870 bits per heavy atom. The molecular formula is C40H60N4O2. The molecule has 46 heavy (non-hydrogen) atoms. The van der Waals surface area contributed by atoms with Gasteiger partial charge in [-0.05, 0) is 112 Å². The molecule has 2 aromatic carbocycles. The number of ketones is 1. The summed E-state index contributed by atoms with van der Waals surface area (Å²) < 4.78 is 0. The predicted octanol–water partition coefficient (Wildman–Crippen LogP) is 9.24. The second-order valence-electron chi connectivity index (χ2n) is 13.3. The van der Waals surface area contributed by atoms with Gasteiger partial charge in [-0.1, -0.05) is 71.4 Å². The van der Waals surface area contributed by atoms with Crippen LogP contribution in [0.2, 0.25) is 0 Å². The first kappa shape index (κ1) is 37.2. The summed E-state index contributed by atoms with van der Waals surface area (Å²) in [6.07, 6.45) is 12.2. The van der Waals surface area contributed by atoms with Crippen molar-refractivity contribution in [3.63, 3.8) is 0 Å². The van der Waals surface area contributed by atoms with Crippen molar-refractivity contribution in [3.05, 3.63) is 77.1 Å². The first-order valence-electron chi connectivity index (χ1n) is 17.9. The van der Waals surface area contributed by atoms with E-state index in [4.69, 9.17) is 0 Å². The number of carbonyl (C=O) groups excluding carboxylic acids is 2. The van der Waals surface area contributed by atoms with Gasteiger partial charge < -0.3 is 4.90 Å². The molecule has 6 rings (SSSR count). The molecule has 3 fully saturated rings. The van der Waals surface area contributed by atoms with Crippen LogP contribution in [0.25, 0.3) is 11.1 Å². The molecule has 1 saturated carbocycles. The minimum atomic E-state index is 0.159. The van der Waals surface area contributed by atoms with E-state index in [9.17, 15) is 9.59 Å². The van der Waals surface area contributed by atoms with Gasteiger partial charge in [-0.25, -0.2) is 0 Å². The molecule has 3 heterocycles. The number of Topliss-reactive ketones (excluding diaryl/α,β-unsaturated/α-hetero) is 1. The molecule has 0 bridgehead atoms. The third-order valence-corrected chi connectivity index (χ3v) is 9.73. The van der Waals surface area contributed by atoms with Gasteiger partial charge in [-0.15, -0.1) is 0 Å². The lowest BCUT2D eigenvalue weighted by atomic mass is 9.88. The number of benzene rings is 2. The third-order valence-electron chi connectivity index (χ3n) is 9.73. The standard InChI is InChI=1S/C23H25N3O.C12H21NO.C3H8.C2H6/c1-16-3-4-21(13-17(16)2)23(27)26-11-9-20(10-12-26)18-5-7-19(8-6-18)22-14-24-25-15-22;1-9-3-4-12(7-9)13-6-5-11(8-13)10(2)14;1-3-2;1-2/h3-8,13-15,20H,9-12H2,1-2H3,(H,24,25);9,11-12H,3-8H2,1-2H3;3H2,1-2H3;1-2H3. The Bertz CT molecular complexity index is 1330. The highest BCUT2D eigenvalue weighted by Crippen LogP contribution is 2.33. The lowest BCUT2D eigenvalue weighted by Gasteiger charge is -2.32. The maximum Gasteiger partial charge on any atom is 0.253 e. The summed E-state index contributed by atoms with van der Waals surface area (Å²) in [5.74, 6) is 2.31. The SMILES string of the molecule is CC.CC(=O)C1CCN(C2CCC(C)C2)C1.CCC.Cc1ccc(C(=O)N2CCC(c3ccc(-c4cn[nH]c4)cc3)CC2)cc1C. The molecule has 6 heteroatoms. The summed E-state index contributed by atoms with van der Waals surface area (Å²) in [6.45, 7) is 20.3. The van der Waals surface area contributed by atoms with Crippen molar-refractivity contribution >= 4 is 11.7 Å². The number of piperidine rings is 1. The number of aryl methyl sites for hydroxylation is 2. The summed E-state index contributed by atoms with van der Waals surface area (Å²) in [5, 5.41) is 6.86. The van der Waals surface area contributed by atoms with E-state index in [1.165, 1.54) is 47.9 Å². The van der Waals surface area contributed by atoms with E-state index in [-0.39, 0.29) is 5.91 Å². The van der Waals surface area contributed by atoms with Gasteiger partial charge >= 0.3 is 0 Å². The van der Waals surface area contributed by atoms with E-state index in [0.29, 0.717) is 17.6 Å². The van der Waals surface area contributed by atoms with E-state index in [1.807, 2.05) is 49.3 Å². The molecule has 3 atom stereocenters. The maximum atomic E-state index is 12.8. The number of aromatic amines is 1. The van der Waals surface area contributed by atoms with Crippen molar-refractivity contribution < 1.29 is 9.59 Å². The normalized spacial score (nSPS) is 21.3. The number of aromatic nitrogens is 2. The molecule has 2 aliphatic heterocycles. The molecule has 6 nitrogen and oxygen atoms in total. The van der Waals surface area contributed by atoms with E-state index >= 15 is 0 Å². The lowest BCUT2D eigenvalue weighted by molar-refractivity contribution is -0.120. The summed E-state index contributed by atoms with van der Waals surface area (Å²) in [4.78, 5) is 28.6. The topological polar surface area (TPSA) is 69.3 Å². The molecule has 1 aromatic heterocycles. The van der Waals surface area contributed by atoms with Crippen LogP contribution >= 0.6 is 0 Å².